The topological polar surface area (TPSA) is 55.0 Å². The SMILES string of the molecule is CCCc1nc(C2(OCC)CCCC(C)C2)[nH]c(=O)c1I. The van der Waals surface area contributed by atoms with Crippen LogP contribution in [0.2, 0.25) is 0 Å². The lowest BCUT2D eigenvalue weighted by atomic mass is 9.78. The van der Waals surface area contributed by atoms with Crippen molar-refractivity contribution in [2.24, 2.45) is 5.92 Å². The highest BCUT2D eigenvalue weighted by Gasteiger charge is 2.40. The standard InChI is InChI=1S/C16H25IN2O2/c1-4-7-12-13(17)14(20)19-15(18-12)16(21-5-2)9-6-8-11(3)10-16/h11H,4-10H2,1-3H3,(H,18,19,20). The van der Waals surface area contributed by atoms with Crippen molar-refractivity contribution in [2.45, 2.75) is 64.9 Å². The number of aromatic amines is 1. The van der Waals surface area contributed by atoms with E-state index in [9.17, 15) is 4.79 Å². The molecular formula is C16H25IN2O2. The smallest absolute Gasteiger partial charge is 0.264 e. The monoisotopic (exact) mass is 404 g/mol. The van der Waals surface area contributed by atoms with E-state index in [0.29, 0.717) is 16.1 Å². The van der Waals surface area contributed by atoms with E-state index in [1.54, 1.807) is 0 Å². The van der Waals surface area contributed by atoms with E-state index in [1.807, 2.05) is 6.92 Å². The summed E-state index contributed by atoms with van der Waals surface area (Å²) in [6, 6.07) is 0. The van der Waals surface area contributed by atoms with Gasteiger partial charge >= 0.3 is 0 Å². The van der Waals surface area contributed by atoms with Crippen molar-refractivity contribution >= 4 is 22.6 Å². The molecule has 2 rings (SSSR count). The van der Waals surface area contributed by atoms with Gasteiger partial charge < -0.3 is 9.72 Å². The summed E-state index contributed by atoms with van der Waals surface area (Å²) >= 11 is 2.10. The summed E-state index contributed by atoms with van der Waals surface area (Å²) in [6.45, 7) is 7.02. The molecule has 0 spiro atoms. The number of ether oxygens (including phenoxy) is 1. The molecule has 5 heteroatoms. The van der Waals surface area contributed by atoms with Crippen molar-refractivity contribution in [1.82, 2.24) is 9.97 Å². The molecule has 2 unspecified atom stereocenters. The lowest BCUT2D eigenvalue weighted by Gasteiger charge is -2.39. The highest BCUT2D eigenvalue weighted by molar-refractivity contribution is 14.1. The normalized spacial score (nSPS) is 26.0. The van der Waals surface area contributed by atoms with Crippen LogP contribution in [0.3, 0.4) is 0 Å². The van der Waals surface area contributed by atoms with Gasteiger partial charge in [-0.1, -0.05) is 26.7 Å². The van der Waals surface area contributed by atoms with Crippen molar-refractivity contribution in [2.75, 3.05) is 6.61 Å². The van der Waals surface area contributed by atoms with E-state index in [-0.39, 0.29) is 5.56 Å². The maximum atomic E-state index is 12.2. The third kappa shape index (κ3) is 3.67. The first-order valence-electron chi connectivity index (χ1n) is 7.95. The number of nitrogens with zero attached hydrogens (tertiary/aromatic N) is 1. The van der Waals surface area contributed by atoms with Crippen LogP contribution in [0.4, 0.5) is 0 Å². The first-order valence-corrected chi connectivity index (χ1v) is 9.03. The molecule has 0 aromatic carbocycles. The maximum absolute atomic E-state index is 12.2. The summed E-state index contributed by atoms with van der Waals surface area (Å²) in [7, 11) is 0. The van der Waals surface area contributed by atoms with E-state index in [2.05, 4.69) is 41.4 Å². The fraction of sp³-hybridized carbons (Fsp3) is 0.750. The Morgan fingerprint density at radius 3 is 2.86 bits per heavy atom. The summed E-state index contributed by atoms with van der Waals surface area (Å²) in [5.41, 5.74) is 0.480. The summed E-state index contributed by atoms with van der Waals surface area (Å²) in [5.74, 6) is 1.34. The zero-order chi connectivity index (χ0) is 15.5. The summed E-state index contributed by atoms with van der Waals surface area (Å²) in [5, 5.41) is 0. The Kier molecular flexibility index (Phi) is 5.82. The van der Waals surface area contributed by atoms with Gasteiger partial charge in [-0.15, -0.1) is 0 Å². The zero-order valence-corrected chi connectivity index (χ0v) is 15.3. The number of rotatable bonds is 5. The minimum atomic E-state index is -0.404. The second-order valence-corrected chi connectivity index (χ2v) is 7.13. The lowest BCUT2D eigenvalue weighted by Crippen LogP contribution is -2.39. The van der Waals surface area contributed by atoms with E-state index in [0.717, 1.165) is 43.6 Å². The number of hydrogen-bond acceptors (Lipinski definition) is 3. The highest BCUT2D eigenvalue weighted by atomic mass is 127. The molecule has 1 aliphatic rings. The van der Waals surface area contributed by atoms with E-state index < -0.39 is 5.60 Å². The summed E-state index contributed by atoms with van der Waals surface area (Å²) in [6.07, 6.45) is 6.07. The van der Waals surface area contributed by atoms with Gasteiger partial charge in [0.25, 0.3) is 5.56 Å². The Morgan fingerprint density at radius 2 is 2.24 bits per heavy atom. The minimum absolute atomic E-state index is 0.0265. The van der Waals surface area contributed by atoms with Crippen molar-refractivity contribution in [3.63, 3.8) is 0 Å². The largest absolute Gasteiger partial charge is 0.367 e. The van der Waals surface area contributed by atoms with Gasteiger partial charge in [-0.05, 0) is 61.1 Å². The van der Waals surface area contributed by atoms with Crippen molar-refractivity contribution in [3.05, 3.63) is 25.4 Å². The molecule has 0 aliphatic heterocycles. The molecule has 1 fully saturated rings. The molecule has 1 heterocycles. The number of aromatic nitrogens is 2. The molecule has 1 N–H and O–H groups in total. The third-order valence-corrected chi connectivity index (χ3v) is 5.34. The third-order valence-electron chi connectivity index (χ3n) is 4.23. The van der Waals surface area contributed by atoms with Crippen molar-refractivity contribution < 1.29 is 4.74 Å². The quantitative estimate of drug-likeness (QED) is 0.761. The van der Waals surface area contributed by atoms with Crippen LogP contribution in [0.15, 0.2) is 4.79 Å². The van der Waals surface area contributed by atoms with Crippen LogP contribution in [0, 0.1) is 9.49 Å². The van der Waals surface area contributed by atoms with Gasteiger partial charge in [0.1, 0.15) is 11.4 Å². The number of nitrogens with one attached hydrogen (secondary N) is 1. The Balaban J connectivity index is 2.47. The second kappa shape index (κ2) is 7.22. The predicted molar refractivity (Wildman–Crippen MR) is 92.5 cm³/mol. The Bertz CT molecular complexity index is 540. The highest BCUT2D eigenvalue weighted by Crippen LogP contribution is 2.41. The average Bonchev–Trinajstić information content (AvgIpc) is 2.44. The van der Waals surface area contributed by atoms with Gasteiger partial charge in [0, 0.05) is 6.61 Å². The van der Waals surface area contributed by atoms with E-state index in [4.69, 9.17) is 9.72 Å². The minimum Gasteiger partial charge on any atom is -0.367 e. The number of halogens is 1. The van der Waals surface area contributed by atoms with Crippen molar-refractivity contribution in [3.8, 4) is 0 Å². The molecule has 1 saturated carbocycles. The molecule has 2 atom stereocenters. The molecule has 0 amide bonds. The first kappa shape index (κ1) is 16.9. The number of hydrogen-bond donors (Lipinski definition) is 1. The molecule has 0 radical (unpaired) electrons. The van der Waals surface area contributed by atoms with Gasteiger partial charge in [-0.25, -0.2) is 4.98 Å². The van der Waals surface area contributed by atoms with Gasteiger partial charge in [0.05, 0.1) is 9.26 Å². The molecule has 0 bridgehead atoms. The Hall–Kier alpha value is -0.430. The van der Waals surface area contributed by atoms with Crippen LogP contribution in [-0.4, -0.2) is 16.6 Å². The van der Waals surface area contributed by atoms with Gasteiger partial charge in [-0.3, -0.25) is 4.79 Å². The van der Waals surface area contributed by atoms with E-state index >= 15 is 0 Å². The predicted octanol–water partition coefficient (Wildman–Crippen LogP) is 3.77. The van der Waals surface area contributed by atoms with Crippen molar-refractivity contribution in [1.29, 1.82) is 0 Å². The molecular weight excluding hydrogens is 379 g/mol. The fourth-order valence-electron chi connectivity index (χ4n) is 3.32. The first-order chi connectivity index (χ1) is 10.0. The average molecular weight is 404 g/mol. The van der Waals surface area contributed by atoms with Crippen LogP contribution in [-0.2, 0) is 16.8 Å². The number of H-pyrrole nitrogens is 1. The van der Waals surface area contributed by atoms with Gasteiger partial charge in [-0.2, -0.15) is 0 Å². The lowest BCUT2D eigenvalue weighted by molar-refractivity contribution is -0.0884. The van der Waals surface area contributed by atoms with Gasteiger partial charge in [0.2, 0.25) is 0 Å². The molecule has 1 aromatic rings. The zero-order valence-electron chi connectivity index (χ0n) is 13.2. The van der Waals surface area contributed by atoms with Crippen LogP contribution in [0.25, 0.3) is 0 Å². The molecule has 1 aromatic heterocycles. The molecule has 1 aliphatic carbocycles. The molecule has 4 nitrogen and oxygen atoms in total. The van der Waals surface area contributed by atoms with Crippen LogP contribution < -0.4 is 5.56 Å². The maximum Gasteiger partial charge on any atom is 0.264 e. The van der Waals surface area contributed by atoms with Gasteiger partial charge in [0.15, 0.2) is 0 Å². The fourth-order valence-corrected chi connectivity index (χ4v) is 3.84. The Labute approximate surface area is 140 Å². The van der Waals surface area contributed by atoms with E-state index in [1.165, 1.54) is 6.42 Å². The second-order valence-electron chi connectivity index (χ2n) is 6.05. The van der Waals surface area contributed by atoms with Crippen LogP contribution >= 0.6 is 22.6 Å². The Morgan fingerprint density at radius 1 is 1.48 bits per heavy atom. The summed E-state index contributed by atoms with van der Waals surface area (Å²) in [4.78, 5) is 20.0. The summed E-state index contributed by atoms with van der Waals surface area (Å²) < 4.78 is 6.84. The molecule has 0 saturated heterocycles. The molecule has 118 valence electrons. The molecule has 21 heavy (non-hydrogen) atoms. The van der Waals surface area contributed by atoms with Crippen LogP contribution in [0.1, 0.15) is 64.4 Å². The number of aryl methyl sites for hydroxylation is 1. The van der Waals surface area contributed by atoms with Crippen LogP contribution in [0.5, 0.6) is 0 Å².